The first-order valence-electron chi connectivity index (χ1n) is 7.29. The van der Waals surface area contributed by atoms with Gasteiger partial charge < -0.3 is 10.4 Å². The molecule has 0 saturated heterocycles. The number of benzene rings is 1. The van der Waals surface area contributed by atoms with Crippen molar-refractivity contribution < 1.29 is 14.7 Å². The Bertz CT molecular complexity index is 695. The number of carbonyl (C=O) groups excluding carboxylic acids is 1. The van der Waals surface area contributed by atoms with Crippen LogP contribution in [0, 0.1) is 6.92 Å². The van der Waals surface area contributed by atoms with Crippen molar-refractivity contribution in [3.63, 3.8) is 0 Å². The van der Waals surface area contributed by atoms with Crippen LogP contribution in [0.15, 0.2) is 34.9 Å². The second-order valence-electron chi connectivity index (χ2n) is 5.14. The summed E-state index contributed by atoms with van der Waals surface area (Å²) < 4.78 is 2.69. The van der Waals surface area contributed by atoms with Gasteiger partial charge in [-0.3, -0.25) is 9.59 Å². The molecular weight excluding hydrogens is 362 g/mol. The third kappa shape index (κ3) is 4.66. The predicted octanol–water partition coefficient (Wildman–Crippen LogP) is 2.93. The van der Waals surface area contributed by atoms with E-state index in [1.54, 1.807) is 10.9 Å². The van der Waals surface area contributed by atoms with Gasteiger partial charge in [0, 0.05) is 17.4 Å². The zero-order chi connectivity index (χ0) is 16.8. The van der Waals surface area contributed by atoms with Crippen LogP contribution in [-0.2, 0) is 4.79 Å². The molecule has 0 aliphatic carbocycles. The number of nitrogens with one attached hydrogen (secondary N) is 1. The van der Waals surface area contributed by atoms with E-state index in [9.17, 15) is 9.59 Å². The molecular formula is C16H18BrN3O3. The minimum absolute atomic E-state index is 0.121. The lowest BCUT2D eigenvalue weighted by Crippen LogP contribution is -2.25. The lowest BCUT2D eigenvalue weighted by atomic mass is 10.2. The van der Waals surface area contributed by atoms with Crippen LogP contribution >= 0.6 is 15.9 Å². The minimum Gasteiger partial charge on any atom is -0.481 e. The van der Waals surface area contributed by atoms with Crippen LogP contribution in [-0.4, -0.2) is 33.3 Å². The Hall–Kier alpha value is -2.15. The number of carbonyl (C=O) groups is 2. The molecule has 1 aromatic heterocycles. The molecule has 122 valence electrons. The molecule has 0 spiro atoms. The zero-order valence-electron chi connectivity index (χ0n) is 12.8. The third-order valence-corrected chi connectivity index (χ3v) is 3.96. The lowest BCUT2D eigenvalue weighted by Gasteiger charge is -2.06. The average Bonchev–Trinajstić information content (AvgIpc) is 2.89. The van der Waals surface area contributed by atoms with Crippen molar-refractivity contribution in [2.75, 3.05) is 6.54 Å². The maximum absolute atomic E-state index is 12.2. The highest BCUT2D eigenvalue weighted by Crippen LogP contribution is 2.17. The summed E-state index contributed by atoms with van der Waals surface area (Å²) in [4.78, 5) is 22.6. The molecule has 0 saturated carbocycles. The van der Waals surface area contributed by atoms with E-state index < -0.39 is 5.97 Å². The van der Waals surface area contributed by atoms with E-state index in [1.165, 1.54) is 0 Å². The normalized spacial score (nSPS) is 10.5. The molecule has 2 aromatic rings. The zero-order valence-corrected chi connectivity index (χ0v) is 14.3. The van der Waals surface area contributed by atoms with Gasteiger partial charge in [0.15, 0.2) is 0 Å². The van der Waals surface area contributed by atoms with Gasteiger partial charge in [-0.25, -0.2) is 4.68 Å². The second kappa shape index (κ2) is 7.92. The SMILES string of the molecule is Cc1c(C(=O)NCCCCC(=O)O)cnn1-c1ccc(Br)cc1. The summed E-state index contributed by atoms with van der Waals surface area (Å²) in [7, 11) is 0. The Labute approximate surface area is 142 Å². The molecule has 0 atom stereocenters. The number of carboxylic acids is 1. The van der Waals surface area contributed by atoms with Crippen LogP contribution in [0.2, 0.25) is 0 Å². The first-order chi connectivity index (χ1) is 11.0. The number of halogens is 1. The summed E-state index contributed by atoms with van der Waals surface area (Å²) in [5, 5.41) is 15.6. The Morgan fingerprint density at radius 3 is 2.61 bits per heavy atom. The van der Waals surface area contributed by atoms with E-state index in [0.29, 0.717) is 24.9 Å². The maximum atomic E-state index is 12.2. The number of hydrogen-bond acceptors (Lipinski definition) is 3. The van der Waals surface area contributed by atoms with Crippen LogP contribution in [0.5, 0.6) is 0 Å². The van der Waals surface area contributed by atoms with Crippen molar-refractivity contribution in [2.45, 2.75) is 26.2 Å². The van der Waals surface area contributed by atoms with Gasteiger partial charge in [-0.2, -0.15) is 5.10 Å². The number of rotatable bonds is 7. The monoisotopic (exact) mass is 379 g/mol. The largest absolute Gasteiger partial charge is 0.481 e. The van der Waals surface area contributed by atoms with Crippen molar-refractivity contribution in [1.82, 2.24) is 15.1 Å². The average molecular weight is 380 g/mol. The smallest absolute Gasteiger partial charge is 0.303 e. The quantitative estimate of drug-likeness (QED) is 0.724. The van der Waals surface area contributed by atoms with Gasteiger partial charge in [-0.05, 0) is 44.0 Å². The van der Waals surface area contributed by atoms with Gasteiger partial charge in [0.25, 0.3) is 5.91 Å². The molecule has 7 heteroatoms. The fraction of sp³-hybridized carbons (Fsp3) is 0.312. The van der Waals surface area contributed by atoms with Gasteiger partial charge in [0.2, 0.25) is 0 Å². The summed E-state index contributed by atoms with van der Waals surface area (Å²) in [6.45, 7) is 2.30. The topological polar surface area (TPSA) is 84.2 Å². The summed E-state index contributed by atoms with van der Waals surface area (Å²) in [5.41, 5.74) is 2.16. The van der Waals surface area contributed by atoms with Crippen LogP contribution in [0.1, 0.15) is 35.3 Å². The molecule has 6 nitrogen and oxygen atoms in total. The highest BCUT2D eigenvalue weighted by molar-refractivity contribution is 9.10. The number of amides is 1. The lowest BCUT2D eigenvalue weighted by molar-refractivity contribution is -0.137. The van der Waals surface area contributed by atoms with E-state index in [2.05, 4.69) is 26.3 Å². The maximum Gasteiger partial charge on any atom is 0.303 e. The van der Waals surface area contributed by atoms with Crippen molar-refractivity contribution in [2.24, 2.45) is 0 Å². The molecule has 0 aliphatic heterocycles. The number of unbranched alkanes of at least 4 members (excludes halogenated alkanes) is 1. The van der Waals surface area contributed by atoms with E-state index in [1.807, 2.05) is 31.2 Å². The van der Waals surface area contributed by atoms with Crippen LogP contribution < -0.4 is 5.32 Å². The number of carboxylic acid groups (broad SMARTS) is 1. The van der Waals surface area contributed by atoms with E-state index in [-0.39, 0.29) is 12.3 Å². The number of aliphatic carboxylic acids is 1. The molecule has 0 unspecified atom stereocenters. The Morgan fingerprint density at radius 1 is 1.26 bits per heavy atom. The summed E-state index contributed by atoms with van der Waals surface area (Å²) in [6, 6.07) is 7.66. The van der Waals surface area contributed by atoms with Gasteiger partial charge in [-0.1, -0.05) is 15.9 Å². The third-order valence-electron chi connectivity index (χ3n) is 3.43. The summed E-state index contributed by atoms with van der Waals surface area (Å²) in [5.74, 6) is -1.01. The number of nitrogens with zero attached hydrogens (tertiary/aromatic N) is 2. The molecule has 0 bridgehead atoms. The first kappa shape index (κ1) is 17.2. The van der Waals surface area contributed by atoms with Crippen molar-refractivity contribution in [3.8, 4) is 5.69 Å². The van der Waals surface area contributed by atoms with Crippen LogP contribution in [0.4, 0.5) is 0 Å². The fourth-order valence-corrected chi connectivity index (χ4v) is 2.44. The summed E-state index contributed by atoms with van der Waals surface area (Å²) in [6.07, 6.45) is 2.85. The molecule has 1 heterocycles. The molecule has 2 rings (SSSR count). The van der Waals surface area contributed by atoms with Crippen molar-refractivity contribution in [1.29, 1.82) is 0 Å². The Balaban J connectivity index is 1.97. The van der Waals surface area contributed by atoms with Gasteiger partial charge >= 0.3 is 5.97 Å². The van der Waals surface area contributed by atoms with Crippen LogP contribution in [0.25, 0.3) is 5.69 Å². The molecule has 0 aliphatic rings. The second-order valence-corrected chi connectivity index (χ2v) is 6.05. The van der Waals surface area contributed by atoms with E-state index in [4.69, 9.17) is 5.11 Å². The number of aromatic nitrogens is 2. The van der Waals surface area contributed by atoms with Crippen LogP contribution in [0.3, 0.4) is 0 Å². The first-order valence-corrected chi connectivity index (χ1v) is 8.09. The molecule has 23 heavy (non-hydrogen) atoms. The predicted molar refractivity (Wildman–Crippen MR) is 89.8 cm³/mol. The molecule has 2 N–H and O–H groups in total. The van der Waals surface area contributed by atoms with Gasteiger partial charge in [0.05, 0.1) is 23.1 Å². The minimum atomic E-state index is -0.817. The van der Waals surface area contributed by atoms with Crippen molar-refractivity contribution >= 4 is 27.8 Å². The van der Waals surface area contributed by atoms with Gasteiger partial charge in [-0.15, -0.1) is 0 Å². The van der Waals surface area contributed by atoms with E-state index in [0.717, 1.165) is 15.9 Å². The standard InChI is InChI=1S/C16H18BrN3O3/c1-11-14(16(23)18-9-3-2-4-15(21)22)10-19-20(11)13-7-5-12(17)6-8-13/h5-8,10H,2-4,9H2,1H3,(H,18,23)(H,21,22). The highest BCUT2D eigenvalue weighted by atomic mass is 79.9. The summed E-state index contributed by atoms with van der Waals surface area (Å²) >= 11 is 3.38. The Kier molecular flexibility index (Phi) is 5.92. The fourth-order valence-electron chi connectivity index (χ4n) is 2.17. The highest BCUT2D eigenvalue weighted by Gasteiger charge is 2.14. The molecule has 0 fully saturated rings. The van der Waals surface area contributed by atoms with E-state index >= 15 is 0 Å². The van der Waals surface area contributed by atoms with Gasteiger partial charge in [0.1, 0.15) is 0 Å². The Morgan fingerprint density at radius 2 is 1.96 bits per heavy atom. The molecule has 1 aromatic carbocycles. The number of hydrogen-bond donors (Lipinski definition) is 2. The van der Waals surface area contributed by atoms with Crippen molar-refractivity contribution in [3.05, 3.63) is 46.2 Å². The molecule has 0 radical (unpaired) electrons. The molecule has 1 amide bonds.